The number of aromatic nitrogens is 2. The van der Waals surface area contributed by atoms with Gasteiger partial charge in [-0.15, -0.1) is 0 Å². The minimum Gasteiger partial charge on any atom is -0.493 e. The number of ether oxygens (including phenoxy) is 1. The molecule has 1 aromatic heterocycles. The first-order valence-electron chi connectivity index (χ1n) is 9.72. The van der Waals surface area contributed by atoms with Gasteiger partial charge >= 0.3 is 0 Å². The van der Waals surface area contributed by atoms with Gasteiger partial charge in [0.05, 0.1) is 13.2 Å². The highest BCUT2D eigenvalue weighted by Crippen LogP contribution is 2.36. The van der Waals surface area contributed by atoms with Gasteiger partial charge < -0.3 is 14.6 Å². The van der Waals surface area contributed by atoms with E-state index < -0.39 is 0 Å². The number of imidazole rings is 1. The van der Waals surface area contributed by atoms with E-state index in [2.05, 4.69) is 47.0 Å². The molecule has 0 bridgehead atoms. The molecule has 0 saturated heterocycles. The van der Waals surface area contributed by atoms with Crippen molar-refractivity contribution in [2.45, 2.75) is 65.1 Å². The SMILES string of the molecule is CC(C)Cn1ccnc1CNC1CCCOc2cc3c(cc21)CCC3. The third kappa shape index (κ3) is 3.59. The summed E-state index contributed by atoms with van der Waals surface area (Å²) in [6.07, 6.45) is 9.92. The summed E-state index contributed by atoms with van der Waals surface area (Å²) in [6.45, 7) is 7.15. The first-order chi connectivity index (χ1) is 12.2. The zero-order valence-electron chi connectivity index (χ0n) is 15.4. The van der Waals surface area contributed by atoms with E-state index in [0.29, 0.717) is 12.0 Å². The second kappa shape index (κ2) is 7.20. The Kier molecular flexibility index (Phi) is 4.80. The summed E-state index contributed by atoms with van der Waals surface area (Å²) in [6, 6.07) is 5.06. The van der Waals surface area contributed by atoms with Crippen molar-refractivity contribution < 1.29 is 4.74 Å². The number of nitrogens with one attached hydrogen (secondary N) is 1. The lowest BCUT2D eigenvalue weighted by molar-refractivity contribution is 0.314. The highest BCUT2D eigenvalue weighted by molar-refractivity contribution is 5.46. The van der Waals surface area contributed by atoms with Crippen LogP contribution in [0.3, 0.4) is 0 Å². The van der Waals surface area contributed by atoms with E-state index in [9.17, 15) is 0 Å². The zero-order valence-corrected chi connectivity index (χ0v) is 15.4. The molecule has 2 heterocycles. The molecule has 4 rings (SSSR count). The van der Waals surface area contributed by atoms with E-state index >= 15 is 0 Å². The fourth-order valence-electron chi connectivity index (χ4n) is 4.14. The molecule has 25 heavy (non-hydrogen) atoms. The van der Waals surface area contributed by atoms with E-state index in [1.54, 1.807) is 0 Å². The summed E-state index contributed by atoms with van der Waals surface area (Å²) in [5.74, 6) is 2.85. The second-order valence-corrected chi connectivity index (χ2v) is 7.83. The molecule has 1 aliphatic heterocycles. The number of aryl methyl sites for hydroxylation is 2. The lowest BCUT2D eigenvalue weighted by Gasteiger charge is -2.20. The molecule has 4 heteroatoms. The maximum Gasteiger partial charge on any atom is 0.124 e. The smallest absolute Gasteiger partial charge is 0.124 e. The minimum absolute atomic E-state index is 0.354. The fourth-order valence-corrected chi connectivity index (χ4v) is 4.14. The molecule has 1 N–H and O–H groups in total. The third-order valence-electron chi connectivity index (χ3n) is 5.36. The van der Waals surface area contributed by atoms with Crippen molar-refractivity contribution in [3.8, 4) is 5.75 Å². The predicted octanol–water partition coefficient (Wildman–Crippen LogP) is 4.03. The van der Waals surface area contributed by atoms with Gasteiger partial charge in [-0.05, 0) is 55.2 Å². The van der Waals surface area contributed by atoms with Crippen molar-refractivity contribution in [3.63, 3.8) is 0 Å². The average Bonchev–Trinajstić information content (AvgIpc) is 3.17. The summed E-state index contributed by atoms with van der Waals surface area (Å²) in [7, 11) is 0. The molecule has 2 aliphatic rings. The number of rotatable bonds is 5. The van der Waals surface area contributed by atoms with E-state index in [-0.39, 0.29) is 0 Å². The van der Waals surface area contributed by atoms with Crippen LogP contribution >= 0.6 is 0 Å². The lowest BCUT2D eigenvalue weighted by Crippen LogP contribution is -2.23. The molecule has 0 spiro atoms. The number of fused-ring (bicyclic) bond motifs is 2. The Morgan fingerprint density at radius 3 is 2.92 bits per heavy atom. The average molecular weight is 339 g/mol. The molecule has 0 saturated carbocycles. The molecule has 4 nitrogen and oxygen atoms in total. The molecule has 2 aromatic rings. The quantitative estimate of drug-likeness (QED) is 0.894. The maximum absolute atomic E-state index is 6.06. The van der Waals surface area contributed by atoms with Crippen molar-refractivity contribution in [2.24, 2.45) is 5.92 Å². The standard InChI is InChI=1S/C21H29N3O/c1-15(2)14-24-9-8-22-21(24)13-23-19-7-4-10-25-20-12-17-6-3-5-16(17)11-18(19)20/h8-9,11-12,15,19,23H,3-7,10,13-14H2,1-2H3. The lowest BCUT2D eigenvalue weighted by atomic mass is 9.97. The molecule has 0 amide bonds. The van der Waals surface area contributed by atoms with Gasteiger partial charge in [0.2, 0.25) is 0 Å². The Bertz CT molecular complexity index is 735. The summed E-state index contributed by atoms with van der Waals surface area (Å²) >= 11 is 0. The Balaban J connectivity index is 1.53. The van der Waals surface area contributed by atoms with Crippen LogP contribution in [0.5, 0.6) is 5.75 Å². The molecule has 1 aromatic carbocycles. The molecule has 1 unspecified atom stereocenters. The predicted molar refractivity (Wildman–Crippen MR) is 99.8 cm³/mol. The normalized spacial score (nSPS) is 19.4. The van der Waals surface area contributed by atoms with Crippen molar-refractivity contribution >= 4 is 0 Å². The molecule has 1 atom stereocenters. The van der Waals surface area contributed by atoms with E-state index in [4.69, 9.17) is 4.74 Å². The first-order valence-corrected chi connectivity index (χ1v) is 9.72. The Labute approximate surface area is 150 Å². The molecule has 134 valence electrons. The van der Waals surface area contributed by atoms with Gasteiger partial charge in [-0.2, -0.15) is 0 Å². The van der Waals surface area contributed by atoms with Crippen molar-refractivity contribution in [1.82, 2.24) is 14.9 Å². The molecular formula is C21H29N3O. The van der Waals surface area contributed by atoms with Gasteiger partial charge in [0.15, 0.2) is 0 Å². The van der Waals surface area contributed by atoms with Gasteiger partial charge in [0, 0.05) is 30.5 Å². The van der Waals surface area contributed by atoms with E-state index in [1.807, 2.05) is 6.20 Å². The summed E-state index contributed by atoms with van der Waals surface area (Å²) in [5, 5.41) is 3.76. The Morgan fingerprint density at radius 2 is 2.08 bits per heavy atom. The first kappa shape index (κ1) is 16.6. The topological polar surface area (TPSA) is 39.1 Å². The monoisotopic (exact) mass is 339 g/mol. The van der Waals surface area contributed by atoms with Crippen LogP contribution in [0.2, 0.25) is 0 Å². The van der Waals surface area contributed by atoms with E-state index in [0.717, 1.165) is 44.1 Å². The number of hydrogen-bond acceptors (Lipinski definition) is 3. The van der Waals surface area contributed by atoms with Crippen LogP contribution in [0.15, 0.2) is 24.5 Å². The van der Waals surface area contributed by atoms with Gasteiger partial charge in [0.1, 0.15) is 11.6 Å². The number of nitrogens with zero attached hydrogens (tertiary/aromatic N) is 2. The van der Waals surface area contributed by atoms with Crippen LogP contribution in [0.1, 0.15) is 61.7 Å². The van der Waals surface area contributed by atoms with Crippen molar-refractivity contribution in [2.75, 3.05) is 6.61 Å². The molecule has 1 aliphatic carbocycles. The second-order valence-electron chi connectivity index (χ2n) is 7.83. The van der Waals surface area contributed by atoms with Crippen LogP contribution in [-0.2, 0) is 25.9 Å². The van der Waals surface area contributed by atoms with Crippen LogP contribution in [0, 0.1) is 5.92 Å². The third-order valence-corrected chi connectivity index (χ3v) is 5.36. The molecule has 0 fully saturated rings. The van der Waals surface area contributed by atoms with Crippen molar-refractivity contribution in [1.29, 1.82) is 0 Å². The molecular weight excluding hydrogens is 310 g/mol. The zero-order chi connectivity index (χ0) is 17.2. The van der Waals surface area contributed by atoms with E-state index in [1.165, 1.54) is 36.0 Å². The largest absolute Gasteiger partial charge is 0.493 e. The van der Waals surface area contributed by atoms with Crippen molar-refractivity contribution in [3.05, 3.63) is 47.0 Å². The van der Waals surface area contributed by atoms with Gasteiger partial charge in [-0.1, -0.05) is 19.9 Å². The Morgan fingerprint density at radius 1 is 1.24 bits per heavy atom. The summed E-state index contributed by atoms with van der Waals surface area (Å²) in [5.41, 5.74) is 4.37. The van der Waals surface area contributed by atoms with Gasteiger partial charge in [-0.25, -0.2) is 4.98 Å². The Hall–Kier alpha value is -1.81. The highest BCUT2D eigenvalue weighted by Gasteiger charge is 2.23. The van der Waals surface area contributed by atoms with Crippen LogP contribution < -0.4 is 10.1 Å². The fraction of sp³-hybridized carbons (Fsp3) is 0.571. The highest BCUT2D eigenvalue weighted by atomic mass is 16.5. The number of hydrogen-bond donors (Lipinski definition) is 1. The van der Waals surface area contributed by atoms with Crippen LogP contribution in [-0.4, -0.2) is 16.2 Å². The maximum atomic E-state index is 6.06. The van der Waals surface area contributed by atoms with Gasteiger partial charge in [0.25, 0.3) is 0 Å². The minimum atomic E-state index is 0.354. The van der Waals surface area contributed by atoms with Crippen LogP contribution in [0.4, 0.5) is 0 Å². The number of benzene rings is 1. The molecule has 0 radical (unpaired) electrons. The van der Waals surface area contributed by atoms with Gasteiger partial charge in [-0.3, -0.25) is 0 Å². The van der Waals surface area contributed by atoms with Crippen LogP contribution in [0.25, 0.3) is 0 Å². The summed E-state index contributed by atoms with van der Waals surface area (Å²) in [4.78, 5) is 4.56. The summed E-state index contributed by atoms with van der Waals surface area (Å²) < 4.78 is 8.33.